The van der Waals surface area contributed by atoms with E-state index in [1.165, 1.54) is 14.8 Å². The van der Waals surface area contributed by atoms with E-state index in [4.69, 9.17) is 9.16 Å². The molecule has 0 aromatic heterocycles. The quantitative estimate of drug-likeness (QED) is 0.360. The minimum atomic E-state index is -2.62. The van der Waals surface area contributed by atoms with Crippen molar-refractivity contribution >= 4 is 44.1 Å². The van der Waals surface area contributed by atoms with E-state index in [1.807, 2.05) is 30.3 Å². The Balaban J connectivity index is 1.58. The first kappa shape index (κ1) is 23.0. The molecule has 0 amide bonds. The van der Waals surface area contributed by atoms with E-state index < -0.39 is 8.32 Å². The van der Waals surface area contributed by atoms with Gasteiger partial charge >= 0.3 is 199 Å². The van der Waals surface area contributed by atoms with Crippen molar-refractivity contribution in [3.05, 3.63) is 91.0 Å². The number of hydrogen-bond donors (Lipinski definition) is 0. The van der Waals surface area contributed by atoms with Gasteiger partial charge in [0.15, 0.2) is 0 Å². The van der Waals surface area contributed by atoms with Crippen molar-refractivity contribution in [1.82, 2.24) is 0 Å². The molecule has 3 aromatic carbocycles. The van der Waals surface area contributed by atoms with Crippen LogP contribution in [0.5, 0.6) is 0 Å². The maximum absolute atomic E-state index is 12.6. The molecule has 1 saturated heterocycles. The Hall–Kier alpha value is -2.17. The molecule has 1 fully saturated rings. The first-order valence-electron chi connectivity index (χ1n) is 11.1. The van der Waals surface area contributed by atoms with Crippen LogP contribution in [0, 0.1) is 0 Å². The zero-order valence-electron chi connectivity index (χ0n) is 18.9. The molecule has 0 spiro atoms. The fourth-order valence-electron chi connectivity index (χ4n) is 4.46. The van der Waals surface area contributed by atoms with Crippen molar-refractivity contribution in [3.8, 4) is 0 Å². The number of carbonyl (C=O) groups excluding carboxylic acids is 1. The second kappa shape index (κ2) is 9.76. The van der Waals surface area contributed by atoms with Gasteiger partial charge in [0.05, 0.1) is 0 Å². The third-order valence-corrected chi connectivity index (χ3v) is 13.5. The van der Waals surface area contributed by atoms with E-state index in [0.717, 1.165) is 6.42 Å². The second-order valence-corrected chi connectivity index (χ2v) is 16.2. The molecule has 3 nitrogen and oxygen atoms in total. The van der Waals surface area contributed by atoms with Crippen LogP contribution in [0.2, 0.25) is 9.85 Å². The van der Waals surface area contributed by atoms with E-state index >= 15 is 0 Å². The van der Waals surface area contributed by atoms with Gasteiger partial charge in [0, 0.05) is 0 Å². The van der Waals surface area contributed by atoms with Crippen molar-refractivity contribution in [2.75, 3.05) is 6.61 Å². The number of rotatable bonds is 7. The molecular formula is C27H30O3SeSi. The topological polar surface area (TPSA) is 35.5 Å². The van der Waals surface area contributed by atoms with Crippen LogP contribution in [-0.4, -0.2) is 42.0 Å². The Labute approximate surface area is 198 Å². The molecule has 166 valence electrons. The average molecular weight is 510 g/mol. The predicted molar refractivity (Wildman–Crippen MR) is 134 cm³/mol. The van der Waals surface area contributed by atoms with E-state index in [0.29, 0.717) is 6.61 Å². The summed E-state index contributed by atoms with van der Waals surface area (Å²) < 4.78 is 14.0. The average Bonchev–Trinajstić information content (AvgIpc) is 3.14. The summed E-state index contributed by atoms with van der Waals surface area (Å²) in [5.74, 6) is -0.0788. The standard InChI is InChI=1S/C27H30O3SeSi/c1-27(2,3)32(23-15-9-5-10-16-23,24-17-11-6-12-18-24)29-20-21-19-25(26(28)30-21)31-22-13-7-4-8-14-22/h4-18,21,25H,19-20H2,1-3H3/t21-,25-/m0/s1. The molecule has 5 heteroatoms. The van der Waals surface area contributed by atoms with Gasteiger partial charge in [0.1, 0.15) is 0 Å². The summed E-state index contributed by atoms with van der Waals surface area (Å²) in [6.07, 6.45) is 0.533. The summed E-state index contributed by atoms with van der Waals surface area (Å²) in [6.45, 7) is 7.23. The molecule has 3 aromatic rings. The van der Waals surface area contributed by atoms with Crippen LogP contribution in [0.3, 0.4) is 0 Å². The Morgan fingerprint density at radius 3 is 1.88 bits per heavy atom. The molecular weight excluding hydrogens is 479 g/mol. The van der Waals surface area contributed by atoms with Crippen molar-refractivity contribution in [3.63, 3.8) is 0 Å². The Bertz CT molecular complexity index is 980. The van der Waals surface area contributed by atoms with Crippen molar-refractivity contribution in [1.29, 1.82) is 0 Å². The number of esters is 1. The molecule has 1 heterocycles. The normalized spacial score (nSPS) is 19.0. The van der Waals surface area contributed by atoms with Crippen molar-refractivity contribution < 1.29 is 14.0 Å². The van der Waals surface area contributed by atoms with Gasteiger partial charge < -0.3 is 0 Å². The molecule has 32 heavy (non-hydrogen) atoms. The van der Waals surface area contributed by atoms with Crippen LogP contribution in [0.15, 0.2) is 91.0 Å². The van der Waals surface area contributed by atoms with Gasteiger partial charge in [-0.25, -0.2) is 0 Å². The molecule has 0 radical (unpaired) electrons. The minimum absolute atomic E-state index is 0.0438. The number of carbonyl (C=O) groups is 1. The fourth-order valence-corrected chi connectivity index (χ4v) is 11.4. The molecule has 0 aliphatic carbocycles. The molecule has 1 aliphatic heterocycles. The van der Waals surface area contributed by atoms with Gasteiger partial charge in [-0.05, 0) is 0 Å². The molecule has 2 atom stereocenters. The summed E-state index contributed by atoms with van der Waals surface area (Å²) in [4.78, 5) is 12.6. The first-order chi connectivity index (χ1) is 15.4. The summed E-state index contributed by atoms with van der Waals surface area (Å²) >= 11 is 0.0739. The monoisotopic (exact) mass is 510 g/mol. The zero-order chi connectivity index (χ0) is 22.6. The van der Waals surface area contributed by atoms with Crippen LogP contribution < -0.4 is 14.8 Å². The Morgan fingerprint density at radius 2 is 1.38 bits per heavy atom. The van der Waals surface area contributed by atoms with Gasteiger partial charge in [-0.15, -0.1) is 0 Å². The molecule has 0 unspecified atom stereocenters. The van der Waals surface area contributed by atoms with Gasteiger partial charge in [-0.2, -0.15) is 0 Å². The SMILES string of the molecule is CC(C)(C)[Si](OC[C@@H]1C[C@H]([Se]c2ccccc2)C(=O)O1)(c1ccccc1)c1ccccc1. The predicted octanol–water partition coefficient (Wildman–Crippen LogP) is 3.70. The zero-order valence-corrected chi connectivity index (χ0v) is 21.6. The third-order valence-electron chi connectivity index (χ3n) is 5.95. The summed E-state index contributed by atoms with van der Waals surface area (Å²) in [5.41, 5.74) is 0. The molecule has 1 aliphatic rings. The molecule has 4 rings (SSSR count). The summed E-state index contributed by atoms with van der Waals surface area (Å²) in [5, 5.41) is 2.40. The van der Waals surface area contributed by atoms with Crippen LogP contribution in [-0.2, 0) is 14.0 Å². The summed E-state index contributed by atoms with van der Waals surface area (Å²) in [6, 6.07) is 31.4. The number of benzene rings is 3. The maximum atomic E-state index is 12.6. The van der Waals surface area contributed by atoms with Crippen LogP contribution in [0.25, 0.3) is 0 Å². The van der Waals surface area contributed by atoms with E-state index in [1.54, 1.807) is 0 Å². The number of cyclic esters (lactones) is 1. The van der Waals surface area contributed by atoms with E-state index in [-0.39, 0.29) is 36.9 Å². The third kappa shape index (κ3) is 4.77. The number of ether oxygens (including phenoxy) is 1. The van der Waals surface area contributed by atoms with Gasteiger partial charge in [0.25, 0.3) is 0 Å². The first-order valence-corrected chi connectivity index (χ1v) is 14.8. The van der Waals surface area contributed by atoms with E-state index in [2.05, 4.69) is 81.4 Å². The van der Waals surface area contributed by atoms with E-state index in [9.17, 15) is 4.79 Å². The van der Waals surface area contributed by atoms with Crippen molar-refractivity contribution in [2.24, 2.45) is 0 Å². The van der Waals surface area contributed by atoms with Crippen LogP contribution in [0.1, 0.15) is 27.2 Å². The second-order valence-electron chi connectivity index (χ2n) is 9.19. The fraction of sp³-hybridized carbons (Fsp3) is 0.296. The van der Waals surface area contributed by atoms with Crippen LogP contribution in [0.4, 0.5) is 0 Å². The Kier molecular flexibility index (Phi) is 7.01. The summed E-state index contributed by atoms with van der Waals surface area (Å²) in [7, 11) is -2.62. The Morgan fingerprint density at radius 1 is 0.875 bits per heavy atom. The van der Waals surface area contributed by atoms with Gasteiger partial charge in [-0.3, -0.25) is 0 Å². The van der Waals surface area contributed by atoms with Gasteiger partial charge in [-0.1, -0.05) is 0 Å². The number of hydrogen-bond acceptors (Lipinski definition) is 3. The molecule has 0 bridgehead atoms. The molecule has 0 N–H and O–H groups in total. The van der Waals surface area contributed by atoms with Crippen LogP contribution >= 0.6 is 0 Å². The van der Waals surface area contributed by atoms with Crippen molar-refractivity contribution in [2.45, 2.75) is 43.2 Å². The van der Waals surface area contributed by atoms with Gasteiger partial charge in [0.2, 0.25) is 0 Å². The molecule has 0 saturated carbocycles.